The smallest absolute Gasteiger partial charge is 0.335 e. The fourth-order valence-electron chi connectivity index (χ4n) is 1.97. The summed E-state index contributed by atoms with van der Waals surface area (Å²) >= 11 is 5.92. The molecule has 0 bridgehead atoms. The monoisotopic (exact) mass is 311 g/mol. The largest absolute Gasteiger partial charge is 0.478 e. The quantitative estimate of drug-likeness (QED) is 0.878. The third kappa shape index (κ3) is 3.43. The van der Waals surface area contributed by atoms with Gasteiger partial charge in [-0.2, -0.15) is 0 Å². The number of aromatic carboxylic acids is 1. The van der Waals surface area contributed by atoms with Crippen LogP contribution in [0.15, 0.2) is 18.2 Å². The Morgan fingerprint density at radius 1 is 1.38 bits per heavy atom. The molecule has 1 saturated heterocycles. The molecule has 21 heavy (non-hydrogen) atoms. The van der Waals surface area contributed by atoms with Gasteiger partial charge in [0.1, 0.15) is 6.54 Å². The van der Waals surface area contributed by atoms with E-state index in [0.29, 0.717) is 13.1 Å². The van der Waals surface area contributed by atoms with Crippen LogP contribution in [-0.2, 0) is 4.79 Å². The van der Waals surface area contributed by atoms with Crippen molar-refractivity contribution in [3.63, 3.8) is 0 Å². The predicted molar refractivity (Wildman–Crippen MR) is 76.6 cm³/mol. The lowest BCUT2D eigenvalue weighted by atomic mass is 10.2. The second-order valence-corrected chi connectivity index (χ2v) is 5.08. The maximum absolute atomic E-state index is 11.9. The molecule has 1 aliphatic rings. The van der Waals surface area contributed by atoms with E-state index < -0.39 is 11.9 Å². The van der Waals surface area contributed by atoms with Gasteiger partial charge in [-0.3, -0.25) is 4.79 Å². The van der Waals surface area contributed by atoms with Gasteiger partial charge in [0.05, 0.1) is 16.3 Å². The van der Waals surface area contributed by atoms with Crippen molar-refractivity contribution < 1.29 is 19.5 Å². The minimum absolute atomic E-state index is 0.0201. The molecule has 1 aliphatic heterocycles. The molecular weight excluding hydrogens is 298 g/mol. The van der Waals surface area contributed by atoms with Crippen LogP contribution < -0.4 is 5.32 Å². The van der Waals surface area contributed by atoms with Crippen LogP contribution in [0.1, 0.15) is 10.4 Å². The zero-order valence-electron chi connectivity index (χ0n) is 11.3. The van der Waals surface area contributed by atoms with Gasteiger partial charge < -0.3 is 20.2 Å². The summed E-state index contributed by atoms with van der Waals surface area (Å²) < 4.78 is 0. The molecule has 0 saturated carbocycles. The number of hydrogen-bond acceptors (Lipinski definition) is 3. The van der Waals surface area contributed by atoms with E-state index in [1.54, 1.807) is 7.05 Å². The average molecular weight is 312 g/mol. The Hall–Kier alpha value is -2.28. The SMILES string of the molecule is CN1CCN(CC(=O)Nc2cc(C(=O)O)ccc2Cl)C1=O. The first-order valence-corrected chi connectivity index (χ1v) is 6.59. The zero-order valence-corrected chi connectivity index (χ0v) is 12.1. The highest BCUT2D eigenvalue weighted by Gasteiger charge is 2.27. The van der Waals surface area contributed by atoms with Gasteiger partial charge in [0, 0.05) is 20.1 Å². The number of halogens is 1. The van der Waals surface area contributed by atoms with Crippen molar-refractivity contribution in [1.29, 1.82) is 0 Å². The summed E-state index contributed by atoms with van der Waals surface area (Å²) in [6.45, 7) is 0.948. The molecule has 1 heterocycles. The third-order valence-corrected chi connectivity index (χ3v) is 3.45. The van der Waals surface area contributed by atoms with Crippen molar-refractivity contribution in [2.75, 3.05) is 32.0 Å². The number of likely N-dealkylation sites (N-methyl/N-ethyl adjacent to an activating group) is 1. The molecular formula is C13H14ClN3O4. The molecule has 7 nitrogen and oxygen atoms in total. The lowest BCUT2D eigenvalue weighted by Gasteiger charge is -2.16. The molecule has 2 N–H and O–H groups in total. The topological polar surface area (TPSA) is 89.9 Å². The maximum atomic E-state index is 11.9. The summed E-state index contributed by atoms with van der Waals surface area (Å²) in [5.74, 6) is -1.54. The van der Waals surface area contributed by atoms with Gasteiger partial charge >= 0.3 is 12.0 Å². The van der Waals surface area contributed by atoms with Gasteiger partial charge in [-0.05, 0) is 18.2 Å². The van der Waals surface area contributed by atoms with E-state index in [0.717, 1.165) is 0 Å². The first kappa shape index (κ1) is 15.1. The number of nitrogens with zero attached hydrogens (tertiary/aromatic N) is 2. The van der Waals surface area contributed by atoms with Crippen LogP contribution in [0, 0.1) is 0 Å². The molecule has 0 radical (unpaired) electrons. The molecule has 8 heteroatoms. The van der Waals surface area contributed by atoms with E-state index in [-0.39, 0.29) is 28.8 Å². The Labute approximate surface area is 126 Å². The number of benzene rings is 1. The van der Waals surface area contributed by atoms with Crippen LogP contribution in [0.2, 0.25) is 5.02 Å². The molecule has 1 aromatic rings. The number of carboxylic acid groups (broad SMARTS) is 1. The van der Waals surface area contributed by atoms with Crippen LogP contribution in [0.5, 0.6) is 0 Å². The molecule has 112 valence electrons. The van der Waals surface area contributed by atoms with Gasteiger partial charge in [-0.1, -0.05) is 11.6 Å². The van der Waals surface area contributed by atoms with Crippen molar-refractivity contribution >= 4 is 35.2 Å². The molecule has 1 fully saturated rings. The first-order valence-electron chi connectivity index (χ1n) is 6.21. The second kappa shape index (κ2) is 6.01. The fraction of sp³-hybridized carbons (Fsp3) is 0.308. The van der Waals surface area contributed by atoms with E-state index in [4.69, 9.17) is 16.7 Å². The highest BCUT2D eigenvalue weighted by molar-refractivity contribution is 6.33. The average Bonchev–Trinajstić information content (AvgIpc) is 2.73. The zero-order chi connectivity index (χ0) is 15.6. The minimum Gasteiger partial charge on any atom is -0.478 e. The number of carbonyl (C=O) groups excluding carboxylic acids is 2. The van der Waals surface area contributed by atoms with Gasteiger partial charge in [0.15, 0.2) is 0 Å². The molecule has 0 unspecified atom stereocenters. The lowest BCUT2D eigenvalue weighted by molar-refractivity contribution is -0.116. The highest BCUT2D eigenvalue weighted by atomic mass is 35.5. The van der Waals surface area contributed by atoms with Crippen molar-refractivity contribution in [1.82, 2.24) is 9.80 Å². The molecule has 1 aromatic carbocycles. The number of amides is 3. The number of hydrogen-bond donors (Lipinski definition) is 2. The fourth-order valence-corrected chi connectivity index (χ4v) is 2.13. The summed E-state index contributed by atoms with van der Waals surface area (Å²) in [6, 6.07) is 3.81. The van der Waals surface area contributed by atoms with Crippen LogP contribution in [0.3, 0.4) is 0 Å². The van der Waals surface area contributed by atoms with E-state index >= 15 is 0 Å². The number of carbonyl (C=O) groups is 3. The van der Waals surface area contributed by atoms with Crippen molar-refractivity contribution in [2.24, 2.45) is 0 Å². The van der Waals surface area contributed by atoms with Gasteiger partial charge in [0.25, 0.3) is 0 Å². The molecule has 2 rings (SSSR count). The van der Waals surface area contributed by atoms with Gasteiger partial charge in [0.2, 0.25) is 5.91 Å². The van der Waals surface area contributed by atoms with Crippen LogP contribution in [0.25, 0.3) is 0 Å². The van der Waals surface area contributed by atoms with E-state index in [1.165, 1.54) is 28.0 Å². The predicted octanol–water partition coefficient (Wildman–Crippen LogP) is 1.34. The van der Waals surface area contributed by atoms with Crippen molar-refractivity contribution in [3.05, 3.63) is 28.8 Å². The van der Waals surface area contributed by atoms with Gasteiger partial charge in [-0.25, -0.2) is 9.59 Å². The molecule has 3 amide bonds. The Morgan fingerprint density at radius 2 is 2.10 bits per heavy atom. The second-order valence-electron chi connectivity index (χ2n) is 4.67. The third-order valence-electron chi connectivity index (χ3n) is 3.12. The minimum atomic E-state index is -1.11. The van der Waals surface area contributed by atoms with Crippen molar-refractivity contribution in [2.45, 2.75) is 0 Å². The molecule has 0 aliphatic carbocycles. The highest BCUT2D eigenvalue weighted by Crippen LogP contribution is 2.23. The molecule has 0 atom stereocenters. The van der Waals surface area contributed by atoms with Crippen molar-refractivity contribution in [3.8, 4) is 0 Å². The lowest BCUT2D eigenvalue weighted by Crippen LogP contribution is -2.36. The first-order chi connectivity index (χ1) is 9.88. The van der Waals surface area contributed by atoms with Crippen LogP contribution in [0.4, 0.5) is 10.5 Å². The molecule has 0 spiro atoms. The summed E-state index contributed by atoms with van der Waals surface area (Å²) in [5.41, 5.74) is 0.230. The van der Waals surface area contributed by atoms with E-state index in [2.05, 4.69) is 5.32 Å². The maximum Gasteiger partial charge on any atom is 0.335 e. The summed E-state index contributed by atoms with van der Waals surface area (Å²) in [7, 11) is 1.66. The van der Waals surface area contributed by atoms with Crippen LogP contribution >= 0.6 is 11.6 Å². The van der Waals surface area contributed by atoms with E-state index in [1.807, 2.05) is 0 Å². The Kier molecular flexibility index (Phi) is 4.32. The standard InChI is InChI=1S/C13H14ClN3O4/c1-16-4-5-17(13(16)21)7-11(18)15-10-6-8(12(19)20)2-3-9(10)14/h2-3,6H,4-5,7H2,1H3,(H,15,18)(H,19,20). The number of nitrogens with one attached hydrogen (secondary N) is 1. The summed E-state index contributed by atoms with van der Waals surface area (Å²) in [4.78, 5) is 37.4. The summed E-state index contributed by atoms with van der Waals surface area (Å²) in [5, 5.41) is 11.7. The normalized spacial score (nSPS) is 14.5. The number of rotatable bonds is 4. The van der Waals surface area contributed by atoms with Crippen LogP contribution in [-0.4, -0.2) is 59.5 Å². The van der Waals surface area contributed by atoms with E-state index in [9.17, 15) is 14.4 Å². The number of urea groups is 1. The summed E-state index contributed by atoms with van der Waals surface area (Å²) in [6.07, 6.45) is 0. The number of carboxylic acids is 1. The Bertz CT molecular complexity index is 605. The Balaban J connectivity index is 2.04. The Morgan fingerprint density at radius 3 is 2.67 bits per heavy atom. The number of anilines is 1. The van der Waals surface area contributed by atoms with Gasteiger partial charge in [-0.15, -0.1) is 0 Å². The molecule has 0 aromatic heterocycles.